The van der Waals surface area contributed by atoms with Crippen LogP contribution in [0.2, 0.25) is 0 Å². The Bertz CT molecular complexity index is 761. The topological polar surface area (TPSA) is 82.6 Å². The zero-order valence-electron chi connectivity index (χ0n) is 18.3. The number of anilines is 1. The van der Waals surface area contributed by atoms with Crippen LogP contribution >= 0.6 is 0 Å². The molecule has 2 fully saturated rings. The van der Waals surface area contributed by atoms with E-state index in [0.29, 0.717) is 17.8 Å². The van der Waals surface area contributed by atoms with E-state index in [1.807, 2.05) is 31.2 Å². The van der Waals surface area contributed by atoms with E-state index in [9.17, 15) is 9.00 Å². The Kier molecular flexibility index (Phi) is 8.73. The van der Waals surface area contributed by atoms with Crippen LogP contribution in [0.1, 0.15) is 63.9 Å². The van der Waals surface area contributed by atoms with Gasteiger partial charge in [-0.1, -0.05) is 38.3 Å². The molecule has 0 heterocycles. The highest BCUT2D eigenvalue weighted by molar-refractivity contribution is 7.85. The van der Waals surface area contributed by atoms with Gasteiger partial charge in [0.1, 0.15) is 0 Å². The van der Waals surface area contributed by atoms with Crippen LogP contribution in [0, 0.1) is 5.92 Å². The molecule has 7 heteroatoms. The summed E-state index contributed by atoms with van der Waals surface area (Å²) >= 11 is 0. The van der Waals surface area contributed by atoms with Crippen LogP contribution in [-0.4, -0.2) is 40.2 Å². The zero-order valence-corrected chi connectivity index (χ0v) is 19.1. The van der Waals surface area contributed by atoms with Gasteiger partial charge in [-0.3, -0.25) is 14.0 Å². The minimum Gasteiger partial charge on any atom is -0.354 e. The highest BCUT2D eigenvalue weighted by Gasteiger charge is 2.26. The summed E-state index contributed by atoms with van der Waals surface area (Å²) in [4.78, 5) is 16.7. The van der Waals surface area contributed by atoms with Crippen LogP contribution in [0.15, 0.2) is 29.3 Å². The van der Waals surface area contributed by atoms with Gasteiger partial charge in [0.25, 0.3) is 0 Å². The lowest BCUT2D eigenvalue weighted by Crippen LogP contribution is -2.46. The average molecular weight is 433 g/mol. The van der Waals surface area contributed by atoms with Crippen molar-refractivity contribution in [1.29, 1.82) is 0 Å². The molecule has 0 bridgehead atoms. The highest BCUT2D eigenvalue weighted by Crippen LogP contribution is 2.26. The minimum atomic E-state index is -0.728. The lowest BCUT2D eigenvalue weighted by Gasteiger charge is -2.30. The quantitative estimate of drug-likeness (QED) is 0.454. The van der Waals surface area contributed by atoms with E-state index in [1.54, 1.807) is 7.05 Å². The molecule has 0 aromatic heterocycles. The largest absolute Gasteiger partial charge is 0.354 e. The third-order valence-corrected chi connectivity index (χ3v) is 7.97. The van der Waals surface area contributed by atoms with Gasteiger partial charge < -0.3 is 16.0 Å². The molecule has 3 N–H and O–H groups in total. The van der Waals surface area contributed by atoms with Crippen molar-refractivity contribution in [3.05, 3.63) is 29.8 Å². The van der Waals surface area contributed by atoms with Crippen molar-refractivity contribution in [2.24, 2.45) is 10.9 Å². The first-order valence-corrected chi connectivity index (χ1v) is 12.7. The number of nitrogens with one attached hydrogen (secondary N) is 3. The van der Waals surface area contributed by atoms with E-state index < -0.39 is 10.8 Å². The first-order chi connectivity index (χ1) is 14.6. The summed E-state index contributed by atoms with van der Waals surface area (Å²) in [7, 11) is 1.05. The van der Waals surface area contributed by atoms with Gasteiger partial charge in [-0.05, 0) is 49.8 Å². The fourth-order valence-corrected chi connectivity index (χ4v) is 5.86. The van der Waals surface area contributed by atoms with Crippen LogP contribution in [-0.2, 0) is 22.1 Å². The number of benzene rings is 1. The van der Waals surface area contributed by atoms with Gasteiger partial charge in [0, 0.05) is 53.0 Å². The van der Waals surface area contributed by atoms with E-state index >= 15 is 0 Å². The van der Waals surface area contributed by atoms with Crippen LogP contribution in [0.25, 0.3) is 0 Å². The maximum atomic E-state index is 12.4. The van der Waals surface area contributed by atoms with Crippen molar-refractivity contribution < 1.29 is 9.00 Å². The second-order valence-electron chi connectivity index (χ2n) is 8.40. The van der Waals surface area contributed by atoms with Crippen LogP contribution in [0.4, 0.5) is 5.69 Å². The first kappa shape index (κ1) is 22.8. The van der Waals surface area contributed by atoms with Crippen LogP contribution in [0.3, 0.4) is 0 Å². The SMILES string of the molecule is CCS(=O)C1CCCC(NC(=NC)NCc2cccc(NC(=O)C3CCCC3)c2)C1. The molecule has 2 aliphatic rings. The molecule has 1 amide bonds. The normalized spacial score (nSPS) is 23.7. The van der Waals surface area contributed by atoms with Gasteiger partial charge >= 0.3 is 0 Å². The average Bonchev–Trinajstić information content (AvgIpc) is 3.31. The van der Waals surface area contributed by atoms with Gasteiger partial charge in [0.2, 0.25) is 5.91 Å². The maximum Gasteiger partial charge on any atom is 0.227 e. The maximum absolute atomic E-state index is 12.4. The van der Waals surface area contributed by atoms with Crippen LogP contribution in [0.5, 0.6) is 0 Å². The van der Waals surface area contributed by atoms with Gasteiger partial charge in [0.15, 0.2) is 5.96 Å². The summed E-state index contributed by atoms with van der Waals surface area (Å²) in [6, 6.07) is 8.30. The van der Waals surface area contributed by atoms with E-state index in [-0.39, 0.29) is 11.8 Å². The first-order valence-electron chi connectivity index (χ1n) is 11.3. The van der Waals surface area contributed by atoms with E-state index in [4.69, 9.17) is 0 Å². The van der Waals surface area contributed by atoms with Gasteiger partial charge in [-0.25, -0.2) is 0 Å². The molecule has 2 aliphatic carbocycles. The molecule has 0 spiro atoms. The predicted molar refractivity (Wildman–Crippen MR) is 125 cm³/mol. The van der Waals surface area contributed by atoms with Crippen molar-refractivity contribution in [3.63, 3.8) is 0 Å². The molecule has 0 aliphatic heterocycles. The third kappa shape index (κ3) is 6.56. The van der Waals surface area contributed by atoms with Gasteiger partial charge in [0.05, 0.1) is 0 Å². The van der Waals surface area contributed by atoms with Crippen LogP contribution < -0.4 is 16.0 Å². The van der Waals surface area contributed by atoms with E-state index in [0.717, 1.165) is 74.3 Å². The molecule has 3 unspecified atom stereocenters. The van der Waals surface area contributed by atoms with Crippen molar-refractivity contribution in [2.45, 2.75) is 76.1 Å². The highest BCUT2D eigenvalue weighted by atomic mass is 32.2. The molecule has 1 aromatic carbocycles. The van der Waals surface area contributed by atoms with Crippen molar-refractivity contribution in [3.8, 4) is 0 Å². The molecule has 0 saturated heterocycles. The van der Waals surface area contributed by atoms with Gasteiger partial charge in [-0.15, -0.1) is 0 Å². The molecule has 1 aromatic rings. The molecule has 0 radical (unpaired) electrons. The Hall–Kier alpha value is -1.89. The summed E-state index contributed by atoms with van der Waals surface area (Å²) in [6.07, 6.45) is 8.50. The number of carbonyl (C=O) groups is 1. The fraction of sp³-hybridized carbons (Fsp3) is 0.652. The summed E-state index contributed by atoms with van der Waals surface area (Å²) < 4.78 is 12.2. The molecule has 6 nitrogen and oxygen atoms in total. The number of rotatable bonds is 7. The van der Waals surface area contributed by atoms with Crippen molar-refractivity contribution in [2.75, 3.05) is 18.1 Å². The Morgan fingerprint density at radius 1 is 1.17 bits per heavy atom. The molecule has 3 atom stereocenters. The van der Waals surface area contributed by atoms with E-state index in [1.165, 1.54) is 0 Å². The molecular formula is C23H36N4O2S. The predicted octanol–water partition coefficient (Wildman–Crippen LogP) is 3.56. The van der Waals surface area contributed by atoms with E-state index in [2.05, 4.69) is 20.9 Å². The molecule has 30 heavy (non-hydrogen) atoms. The molecule has 3 rings (SSSR count). The Morgan fingerprint density at radius 3 is 2.70 bits per heavy atom. The Morgan fingerprint density at radius 2 is 1.97 bits per heavy atom. The number of guanidine groups is 1. The second kappa shape index (κ2) is 11.5. The summed E-state index contributed by atoms with van der Waals surface area (Å²) in [5.74, 6) is 1.81. The smallest absolute Gasteiger partial charge is 0.227 e. The molecule has 166 valence electrons. The summed E-state index contributed by atoms with van der Waals surface area (Å²) in [5, 5.41) is 10.2. The summed E-state index contributed by atoms with van der Waals surface area (Å²) in [6.45, 7) is 2.63. The Balaban J connectivity index is 1.50. The molecule has 2 saturated carbocycles. The number of nitrogens with zero attached hydrogens (tertiary/aromatic N) is 1. The second-order valence-corrected chi connectivity index (χ2v) is 10.4. The van der Waals surface area contributed by atoms with Crippen molar-refractivity contribution >= 4 is 28.4 Å². The van der Waals surface area contributed by atoms with Gasteiger partial charge in [-0.2, -0.15) is 0 Å². The Labute approximate surface area is 183 Å². The summed E-state index contributed by atoms with van der Waals surface area (Å²) in [5.41, 5.74) is 1.95. The number of hydrogen-bond acceptors (Lipinski definition) is 3. The monoisotopic (exact) mass is 432 g/mol. The standard InChI is InChI=1S/C23H36N4O2S/c1-3-30(29)21-13-7-12-20(15-21)27-23(24-2)25-16-17-8-6-11-19(14-17)26-22(28)18-9-4-5-10-18/h6,8,11,14,18,20-21H,3-5,7,9-10,12-13,15-16H2,1-2H3,(H,26,28)(H2,24,25,27). The minimum absolute atomic E-state index is 0.145. The third-order valence-electron chi connectivity index (χ3n) is 6.23. The fourth-order valence-electron chi connectivity index (χ4n) is 4.52. The zero-order chi connectivity index (χ0) is 21.3. The van der Waals surface area contributed by atoms with Crippen molar-refractivity contribution in [1.82, 2.24) is 10.6 Å². The number of carbonyl (C=O) groups excluding carboxylic acids is 1. The molecular weight excluding hydrogens is 396 g/mol. The number of aliphatic imine (C=N–C) groups is 1. The number of hydrogen-bond donors (Lipinski definition) is 3. The lowest BCUT2D eigenvalue weighted by molar-refractivity contribution is -0.119. The lowest BCUT2D eigenvalue weighted by atomic mass is 9.95. The number of amides is 1.